The lowest BCUT2D eigenvalue weighted by molar-refractivity contribution is -0.0342. The smallest absolute Gasteiger partial charge is 0.442 e. The number of aliphatic hydroxyl groups excluding tert-OH is 1. The lowest BCUT2D eigenvalue weighted by atomic mass is 10.2. The van der Waals surface area contributed by atoms with E-state index >= 15 is 0 Å². The molecule has 0 aromatic rings. The molecule has 3 rings (SSSR count). The van der Waals surface area contributed by atoms with E-state index in [1.54, 1.807) is 20.8 Å². The van der Waals surface area contributed by atoms with Crippen LogP contribution in [-0.2, 0) is 9.47 Å². The van der Waals surface area contributed by atoms with Crippen LogP contribution in [-0.4, -0.2) is 92.1 Å². The molecule has 1 saturated carbocycles. The van der Waals surface area contributed by atoms with Gasteiger partial charge in [-0.2, -0.15) is 26.3 Å². The van der Waals surface area contributed by atoms with E-state index in [4.69, 9.17) is 9.47 Å². The first-order valence-electron chi connectivity index (χ1n) is 13.2. The van der Waals surface area contributed by atoms with Gasteiger partial charge in [-0.15, -0.1) is 12.4 Å². The van der Waals surface area contributed by atoms with Crippen molar-refractivity contribution in [2.75, 3.05) is 26.2 Å². The van der Waals surface area contributed by atoms with Crippen LogP contribution in [0.1, 0.15) is 80.1 Å². The molecule has 41 heavy (non-hydrogen) atoms. The maximum Gasteiger partial charge on any atom is 0.442 e. The molecule has 0 bridgehead atoms. The third kappa shape index (κ3) is 19.8. The van der Waals surface area contributed by atoms with Crippen molar-refractivity contribution >= 4 is 48.1 Å². The number of hydrogen-bond donors (Lipinski definition) is 1. The van der Waals surface area contributed by atoms with E-state index in [-0.39, 0.29) is 59.9 Å². The molecule has 1 aliphatic carbocycles. The lowest BCUT2D eigenvalue weighted by Gasteiger charge is -2.24. The van der Waals surface area contributed by atoms with Crippen molar-refractivity contribution in [1.82, 2.24) is 9.80 Å². The summed E-state index contributed by atoms with van der Waals surface area (Å²) in [6.45, 7) is 12.1. The average molecular weight is 665 g/mol. The van der Waals surface area contributed by atoms with Crippen LogP contribution in [0.5, 0.6) is 0 Å². The third-order valence-electron chi connectivity index (χ3n) is 5.51. The molecule has 0 spiro atoms. The Labute approximate surface area is 253 Å². The van der Waals surface area contributed by atoms with Gasteiger partial charge in [-0.25, -0.2) is 9.59 Å². The molecule has 0 radical (unpaired) electrons. The van der Waals surface area contributed by atoms with Crippen LogP contribution in [0.2, 0.25) is 0 Å². The first kappa shape index (κ1) is 40.1. The number of thioether (sulfide) groups is 2. The molecule has 1 N–H and O–H groups in total. The largest absolute Gasteiger partial charge is 0.444 e. The van der Waals surface area contributed by atoms with Gasteiger partial charge in [0.1, 0.15) is 11.2 Å². The zero-order valence-corrected chi connectivity index (χ0v) is 26.7. The van der Waals surface area contributed by atoms with Gasteiger partial charge in [-0.1, -0.05) is 12.8 Å². The second-order valence-corrected chi connectivity index (χ2v) is 14.5. The van der Waals surface area contributed by atoms with Gasteiger partial charge >= 0.3 is 23.2 Å². The van der Waals surface area contributed by atoms with Gasteiger partial charge in [0, 0.05) is 36.7 Å². The third-order valence-corrected chi connectivity index (χ3v) is 7.57. The fourth-order valence-corrected chi connectivity index (χ4v) is 5.74. The minimum atomic E-state index is -4.24. The second kappa shape index (κ2) is 16.8. The van der Waals surface area contributed by atoms with E-state index < -0.39 is 33.6 Å². The molecule has 0 aromatic carbocycles. The molecule has 3 aliphatic rings. The molecule has 2 atom stereocenters. The Morgan fingerprint density at radius 2 is 1.07 bits per heavy atom. The molecule has 3 fully saturated rings. The van der Waals surface area contributed by atoms with Crippen molar-refractivity contribution in [3.8, 4) is 0 Å². The zero-order valence-electron chi connectivity index (χ0n) is 24.3. The van der Waals surface area contributed by atoms with Crippen molar-refractivity contribution in [3.63, 3.8) is 0 Å². The maximum absolute atomic E-state index is 12.1. The molecule has 2 saturated heterocycles. The van der Waals surface area contributed by atoms with Gasteiger partial charge in [0.05, 0.1) is 6.10 Å². The monoisotopic (exact) mass is 664 g/mol. The summed E-state index contributed by atoms with van der Waals surface area (Å²) in [7, 11) is 0. The normalized spacial score (nSPS) is 21.8. The number of alkyl halides is 6. The van der Waals surface area contributed by atoms with Gasteiger partial charge in [0.25, 0.3) is 0 Å². The molecule has 7 nitrogen and oxygen atoms in total. The summed E-state index contributed by atoms with van der Waals surface area (Å²) in [5.41, 5.74) is -9.33. The van der Waals surface area contributed by atoms with Crippen LogP contribution in [0.25, 0.3) is 0 Å². The van der Waals surface area contributed by atoms with Gasteiger partial charge in [-0.3, -0.25) is 0 Å². The number of hydrogen-bond acceptors (Lipinski definition) is 7. The Morgan fingerprint density at radius 3 is 1.44 bits per heavy atom. The van der Waals surface area contributed by atoms with Crippen LogP contribution < -0.4 is 0 Å². The molecule has 2 heterocycles. The minimum absolute atomic E-state index is 0. The van der Waals surface area contributed by atoms with E-state index in [9.17, 15) is 41.0 Å². The summed E-state index contributed by atoms with van der Waals surface area (Å²) in [5.74, 6) is 0. The topological polar surface area (TPSA) is 79.3 Å². The summed E-state index contributed by atoms with van der Waals surface area (Å²) in [4.78, 5) is 25.9. The molecule has 2 amide bonds. The highest BCUT2D eigenvalue weighted by Gasteiger charge is 2.38. The van der Waals surface area contributed by atoms with Crippen LogP contribution in [0.15, 0.2) is 0 Å². The number of aliphatic hydroxyl groups is 1. The fourth-order valence-electron chi connectivity index (χ4n) is 3.94. The number of rotatable bonds is 2. The number of likely N-dealkylation sites (tertiary alicyclic amines) is 2. The van der Waals surface area contributed by atoms with E-state index in [0.717, 1.165) is 25.7 Å². The Morgan fingerprint density at radius 1 is 0.683 bits per heavy atom. The Hall–Kier alpha value is -0.930. The number of nitrogens with zero attached hydrogens (tertiary/aromatic N) is 2. The predicted molar refractivity (Wildman–Crippen MR) is 151 cm³/mol. The van der Waals surface area contributed by atoms with Crippen LogP contribution >= 0.6 is 35.9 Å². The maximum atomic E-state index is 12.1. The number of amides is 2. The van der Waals surface area contributed by atoms with Crippen molar-refractivity contribution in [2.24, 2.45) is 0 Å². The summed E-state index contributed by atoms with van der Waals surface area (Å²) in [6, 6.07) is 0. The first-order valence-corrected chi connectivity index (χ1v) is 14.9. The Kier molecular flexibility index (Phi) is 16.4. The van der Waals surface area contributed by atoms with Crippen molar-refractivity contribution in [2.45, 2.75) is 119 Å². The number of ether oxygens (including phenoxy) is 2. The Balaban J connectivity index is 0.000000598. The zero-order chi connectivity index (χ0) is 30.9. The molecule has 2 aliphatic heterocycles. The molecular weight excluding hydrogens is 622 g/mol. The Bertz CT molecular complexity index is 803. The number of carbonyl (C=O) groups is 2. The molecule has 16 heteroatoms. The molecule has 0 aromatic heterocycles. The van der Waals surface area contributed by atoms with Crippen molar-refractivity contribution in [3.05, 3.63) is 0 Å². The predicted octanol–water partition coefficient (Wildman–Crippen LogP) is 7.84. The highest BCUT2D eigenvalue weighted by Crippen LogP contribution is 2.40. The first-order chi connectivity index (χ1) is 18.0. The number of β-amino-alcohol motifs (C(OH)–C–C–N with tert-alkyl or cyclic N) is 1. The minimum Gasteiger partial charge on any atom is -0.444 e. The lowest BCUT2D eigenvalue weighted by Crippen LogP contribution is -2.35. The van der Waals surface area contributed by atoms with Crippen LogP contribution in [0, 0.1) is 0 Å². The van der Waals surface area contributed by atoms with Crippen molar-refractivity contribution < 1.29 is 50.5 Å². The van der Waals surface area contributed by atoms with E-state index in [1.165, 1.54) is 9.80 Å². The van der Waals surface area contributed by atoms with E-state index in [1.807, 2.05) is 20.8 Å². The molecular formula is C25H43ClF6N2O5S2. The summed E-state index contributed by atoms with van der Waals surface area (Å²) in [5, 5.41) is 8.46. The van der Waals surface area contributed by atoms with Crippen molar-refractivity contribution in [1.29, 1.82) is 0 Å². The summed E-state index contributed by atoms with van der Waals surface area (Å²) >= 11 is 0.118. The number of halogens is 7. The van der Waals surface area contributed by atoms with Gasteiger partial charge in [-0.05, 0) is 90.7 Å². The van der Waals surface area contributed by atoms with Gasteiger partial charge in [0.2, 0.25) is 0 Å². The SMILES string of the molecule is CC(C)(C)OC(=O)N1CCC(O)C1.CC(C)(C)OC(=O)N1CCC(SC(F)(F)F)C1.Cl.FC(F)(F)SC1CCCC1. The summed E-state index contributed by atoms with van der Waals surface area (Å²) in [6.07, 6.45) is 3.16. The van der Waals surface area contributed by atoms with Gasteiger partial charge in [0.15, 0.2) is 0 Å². The van der Waals surface area contributed by atoms with Crippen LogP contribution in [0.3, 0.4) is 0 Å². The second-order valence-electron chi connectivity index (χ2n) is 11.7. The van der Waals surface area contributed by atoms with Crippen LogP contribution in [0.4, 0.5) is 35.9 Å². The van der Waals surface area contributed by atoms with E-state index in [0.29, 0.717) is 32.5 Å². The standard InChI is InChI=1S/C10H16F3NO2S.C9H17NO3.C6H9F3S.ClH/c1-9(2,3)16-8(15)14-5-4-7(6-14)17-10(11,12)13;1-9(2,3)13-8(12)10-5-4-7(11)6-10;7-6(8,9)10-5-3-1-2-4-5;/h7H,4-6H2,1-3H3;7,11H,4-6H2,1-3H3;5H,1-4H2;1H. The van der Waals surface area contributed by atoms with E-state index in [2.05, 4.69) is 0 Å². The summed E-state index contributed by atoms with van der Waals surface area (Å²) < 4.78 is 81.7. The van der Waals surface area contributed by atoms with Gasteiger partial charge < -0.3 is 24.4 Å². The molecule has 244 valence electrons. The molecule has 2 unspecified atom stereocenters. The quantitative estimate of drug-likeness (QED) is 0.301. The number of carbonyl (C=O) groups excluding carboxylic acids is 2. The highest BCUT2D eigenvalue weighted by atomic mass is 35.5. The highest BCUT2D eigenvalue weighted by molar-refractivity contribution is 8.01. The average Bonchev–Trinajstić information content (AvgIpc) is 3.47. The fraction of sp³-hybridized carbons (Fsp3) is 0.920.